The second kappa shape index (κ2) is 11.2. The van der Waals surface area contributed by atoms with E-state index in [0.717, 1.165) is 19.5 Å². The number of rotatable bonds is 8. The molecule has 1 atom stereocenters. The van der Waals surface area contributed by atoms with Crippen LogP contribution in [0, 0.1) is 0 Å². The molecular weight excluding hydrogens is 469 g/mol. The minimum absolute atomic E-state index is 0.0652. The molecule has 3 rings (SSSR count). The van der Waals surface area contributed by atoms with Crippen LogP contribution in [0.15, 0.2) is 52.0 Å². The Morgan fingerprint density at radius 1 is 1.27 bits per heavy atom. The fourth-order valence-corrected chi connectivity index (χ4v) is 4.22. The number of aliphatic carboxylic acids is 1. The molecule has 1 aromatic rings. The van der Waals surface area contributed by atoms with Gasteiger partial charge in [0, 0.05) is 42.2 Å². The highest BCUT2D eigenvalue weighted by molar-refractivity contribution is 6.33. The highest BCUT2D eigenvalue weighted by Crippen LogP contribution is 2.33. The number of amides is 2. The van der Waals surface area contributed by atoms with Crippen molar-refractivity contribution in [1.82, 2.24) is 16.0 Å². The SMILES string of the molecule is O=C(O)CCC1=CC(Cl)=CC(Cl)(NC(=O)CNC(=O)c2cccc(NC3=NCCCN3)c2)C1. The highest BCUT2D eigenvalue weighted by atomic mass is 35.5. The van der Waals surface area contributed by atoms with E-state index in [0.29, 0.717) is 27.8 Å². The number of hydrogen-bond acceptors (Lipinski definition) is 6. The third-order valence-corrected chi connectivity index (χ3v) is 5.45. The quantitative estimate of drug-likeness (QED) is 0.279. The number of nitrogens with zero attached hydrogens (tertiary/aromatic N) is 1. The highest BCUT2D eigenvalue weighted by Gasteiger charge is 2.31. The van der Waals surface area contributed by atoms with Crippen molar-refractivity contribution in [2.75, 3.05) is 25.0 Å². The van der Waals surface area contributed by atoms with Crippen LogP contribution in [-0.4, -0.2) is 53.5 Å². The molecule has 1 heterocycles. The van der Waals surface area contributed by atoms with Crippen molar-refractivity contribution in [1.29, 1.82) is 0 Å². The first kappa shape index (κ1) is 24.6. The maximum absolute atomic E-state index is 12.5. The van der Waals surface area contributed by atoms with Crippen molar-refractivity contribution >= 4 is 52.6 Å². The Bertz CT molecular complexity index is 1020. The van der Waals surface area contributed by atoms with Crippen molar-refractivity contribution in [3.63, 3.8) is 0 Å². The number of aliphatic imine (C=N–C) groups is 1. The van der Waals surface area contributed by atoms with Crippen LogP contribution in [0.1, 0.15) is 36.0 Å². The van der Waals surface area contributed by atoms with Crippen molar-refractivity contribution in [3.05, 3.63) is 52.6 Å². The van der Waals surface area contributed by atoms with Crippen molar-refractivity contribution < 1.29 is 19.5 Å². The topological polar surface area (TPSA) is 132 Å². The molecule has 176 valence electrons. The predicted molar refractivity (Wildman–Crippen MR) is 128 cm³/mol. The number of allylic oxidation sites excluding steroid dienone is 2. The van der Waals surface area contributed by atoms with E-state index in [-0.39, 0.29) is 25.8 Å². The second-order valence-electron chi connectivity index (χ2n) is 7.71. The lowest BCUT2D eigenvalue weighted by atomic mass is 9.96. The number of halogens is 2. The van der Waals surface area contributed by atoms with Crippen LogP contribution >= 0.6 is 23.2 Å². The van der Waals surface area contributed by atoms with Crippen LogP contribution in [0.25, 0.3) is 0 Å². The molecule has 2 amide bonds. The molecule has 1 aliphatic heterocycles. The first-order valence-electron chi connectivity index (χ1n) is 10.5. The first-order valence-corrected chi connectivity index (χ1v) is 11.2. The smallest absolute Gasteiger partial charge is 0.303 e. The van der Waals surface area contributed by atoms with Gasteiger partial charge in [-0.25, -0.2) is 0 Å². The molecule has 1 aliphatic carbocycles. The van der Waals surface area contributed by atoms with Gasteiger partial charge in [-0.2, -0.15) is 0 Å². The average Bonchev–Trinajstić information content (AvgIpc) is 2.76. The molecule has 0 spiro atoms. The van der Waals surface area contributed by atoms with Crippen LogP contribution in [0.4, 0.5) is 5.69 Å². The molecule has 2 aliphatic rings. The van der Waals surface area contributed by atoms with Gasteiger partial charge in [-0.3, -0.25) is 19.4 Å². The molecule has 1 unspecified atom stereocenters. The summed E-state index contributed by atoms with van der Waals surface area (Å²) < 4.78 is 0. The summed E-state index contributed by atoms with van der Waals surface area (Å²) >= 11 is 12.6. The Balaban J connectivity index is 1.52. The Morgan fingerprint density at radius 2 is 2.09 bits per heavy atom. The van der Waals surface area contributed by atoms with E-state index < -0.39 is 22.8 Å². The standard InChI is InChI=1S/C22H25Cl2N5O4/c23-16-9-14(5-6-19(31)32)11-22(24,12-16)29-18(30)13-27-20(33)15-3-1-4-17(10-15)28-21-25-7-2-8-26-21/h1,3-4,9-10,12H,2,5-8,11,13H2,(H,27,33)(H,29,30)(H,31,32)(H2,25,26,28). The zero-order valence-electron chi connectivity index (χ0n) is 17.8. The van der Waals surface area contributed by atoms with Crippen LogP contribution in [0.2, 0.25) is 0 Å². The zero-order valence-corrected chi connectivity index (χ0v) is 19.3. The van der Waals surface area contributed by atoms with Crippen LogP contribution in [0.5, 0.6) is 0 Å². The van der Waals surface area contributed by atoms with E-state index >= 15 is 0 Å². The maximum Gasteiger partial charge on any atom is 0.303 e. The summed E-state index contributed by atoms with van der Waals surface area (Å²) in [4.78, 5) is 38.8. The number of carboxylic acid groups (broad SMARTS) is 1. The van der Waals surface area contributed by atoms with Crippen molar-refractivity contribution in [2.24, 2.45) is 4.99 Å². The Hall–Kier alpha value is -3.04. The van der Waals surface area contributed by atoms with Gasteiger partial charge in [0.2, 0.25) is 5.91 Å². The number of benzene rings is 1. The third kappa shape index (κ3) is 7.80. The maximum atomic E-state index is 12.5. The molecule has 33 heavy (non-hydrogen) atoms. The zero-order chi connectivity index (χ0) is 23.8. The Morgan fingerprint density at radius 3 is 2.82 bits per heavy atom. The van der Waals surface area contributed by atoms with Crippen LogP contribution < -0.4 is 21.3 Å². The lowest BCUT2D eigenvalue weighted by Gasteiger charge is -2.29. The molecular formula is C22H25Cl2N5O4. The van der Waals surface area contributed by atoms with Gasteiger partial charge >= 0.3 is 5.97 Å². The summed E-state index contributed by atoms with van der Waals surface area (Å²) in [6, 6.07) is 6.85. The fourth-order valence-electron chi connectivity index (χ4n) is 3.43. The predicted octanol–water partition coefficient (Wildman–Crippen LogP) is 2.55. The van der Waals surface area contributed by atoms with Crippen LogP contribution in [0.3, 0.4) is 0 Å². The summed E-state index contributed by atoms with van der Waals surface area (Å²) in [5, 5.41) is 20.7. The molecule has 9 nitrogen and oxygen atoms in total. The van der Waals surface area contributed by atoms with E-state index in [1.807, 2.05) is 6.07 Å². The Labute approximate surface area is 201 Å². The normalized spacial score (nSPS) is 19.9. The van der Waals surface area contributed by atoms with E-state index in [4.69, 9.17) is 28.3 Å². The van der Waals surface area contributed by atoms with Gasteiger partial charge in [0.25, 0.3) is 5.91 Å². The van der Waals surface area contributed by atoms with Gasteiger partial charge in [-0.05, 0) is 43.2 Å². The van der Waals surface area contributed by atoms with E-state index in [1.165, 1.54) is 6.08 Å². The van der Waals surface area contributed by atoms with Gasteiger partial charge < -0.3 is 26.4 Å². The molecule has 0 saturated heterocycles. The summed E-state index contributed by atoms with van der Waals surface area (Å²) in [7, 11) is 0. The van der Waals surface area contributed by atoms with Gasteiger partial charge in [0.15, 0.2) is 5.96 Å². The largest absolute Gasteiger partial charge is 0.481 e. The number of nitrogens with one attached hydrogen (secondary N) is 4. The molecule has 0 fully saturated rings. The summed E-state index contributed by atoms with van der Waals surface area (Å²) in [6.45, 7) is 1.28. The molecule has 11 heteroatoms. The van der Waals surface area contributed by atoms with Gasteiger partial charge in [-0.15, -0.1) is 0 Å². The minimum atomic E-state index is -1.29. The van der Waals surface area contributed by atoms with Crippen molar-refractivity contribution in [3.8, 4) is 0 Å². The Kier molecular flexibility index (Phi) is 8.35. The number of carbonyl (C=O) groups excluding carboxylic acids is 2. The third-order valence-electron chi connectivity index (χ3n) is 4.89. The molecule has 0 saturated carbocycles. The molecule has 5 N–H and O–H groups in total. The number of guanidine groups is 1. The van der Waals surface area contributed by atoms with Gasteiger partial charge in [0.1, 0.15) is 5.00 Å². The monoisotopic (exact) mass is 493 g/mol. The lowest BCUT2D eigenvalue weighted by Crippen LogP contribution is -2.47. The van der Waals surface area contributed by atoms with Crippen molar-refractivity contribution in [2.45, 2.75) is 30.7 Å². The number of anilines is 1. The minimum Gasteiger partial charge on any atom is -0.481 e. The second-order valence-corrected chi connectivity index (χ2v) is 8.82. The van der Waals surface area contributed by atoms with Gasteiger partial charge in [0.05, 0.1) is 6.54 Å². The lowest BCUT2D eigenvalue weighted by molar-refractivity contribution is -0.137. The number of hydrogen-bond donors (Lipinski definition) is 5. The molecule has 0 aromatic heterocycles. The molecule has 1 aromatic carbocycles. The first-order chi connectivity index (χ1) is 15.7. The molecule has 0 bridgehead atoms. The van der Waals surface area contributed by atoms with E-state index in [2.05, 4.69) is 26.3 Å². The number of alkyl halides is 1. The summed E-state index contributed by atoms with van der Waals surface area (Å²) in [5.74, 6) is -1.21. The fraction of sp³-hybridized carbons (Fsp3) is 0.364. The van der Waals surface area contributed by atoms with Gasteiger partial charge in [-0.1, -0.05) is 34.8 Å². The van der Waals surface area contributed by atoms with E-state index in [1.54, 1.807) is 24.3 Å². The summed E-state index contributed by atoms with van der Waals surface area (Å²) in [5.41, 5.74) is 1.79. The molecule has 0 radical (unpaired) electrons. The van der Waals surface area contributed by atoms with E-state index in [9.17, 15) is 14.4 Å². The van der Waals surface area contributed by atoms with Crippen LogP contribution in [-0.2, 0) is 9.59 Å². The number of carboxylic acids is 1. The average molecular weight is 494 g/mol. The number of carbonyl (C=O) groups is 3. The summed E-state index contributed by atoms with van der Waals surface area (Å²) in [6.07, 6.45) is 4.52.